The van der Waals surface area contributed by atoms with Crippen molar-refractivity contribution in [3.05, 3.63) is 24.3 Å². The van der Waals surface area contributed by atoms with E-state index in [2.05, 4.69) is 26.2 Å². The van der Waals surface area contributed by atoms with Crippen LogP contribution in [0.4, 0.5) is 5.69 Å². The minimum Gasteiger partial charge on any atom is -0.344 e. The van der Waals surface area contributed by atoms with Gasteiger partial charge in [0.05, 0.1) is 0 Å². The molecule has 2 amide bonds. The molecule has 0 spiro atoms. The standard InChI is InChI=1S/C15H20N6O2/c1-9(2)13(16-10(3)22)15(23)17-12-7-5-6-11(8-12)14-18-19-20-21(14)4/h5-9,13H,1-4H3,(H,16,22)(H,17,23). The van der Waals surface area contributed by atoms with Crippen LogP contribution in [0.2, 0.25) is 0 Å². The average Bonchev–Trinajstić information content (AvgIpc) is 2.90. The van der Waals surface area contributed by atoms with Crippen LogP contribution in [0.5, 0.6) is 0 Å². The zero-order valence-electron chi connectivity index (χ0n) is 13.6. The third-order valence-electron chi connectivity index (χ3n) is 3.32. The van der Waals surface area contributed by atoms with Crippen molar-refractivity contribution in [2.24, 2.45) is 13.0 Å². The number of nitrogens with one attached hydrogen (secondary N) is 2. The lowest BCUT2D eigenvalue weighted by atomic mass is 10.0. The van der Waals surface area contributed by atoms with Crippen LogP contribution >= 0.6 is 0 Å². The van der Waals surface area contributed by atoms with Gasteiger partial charge in [0.15, 0.2) is 5.82 Å². The molecule has 2 N–H and O–H groups in total. The van der Waals surface area contributed by atoms with Crippen LogP contribution in [0.25, 0.3) is 11.4 Å². The molecule has 23 heavy (non-hydrogen) atoms. The first kappa shape index (κ1) is 16.6. The average molecular weight is 316 g/mol. The number of aryl methyl sites for hydroxylation is 1. The highest BCUT2D eigenvalue weighted by Crippen LogP contribution is 2.20. The summed E-state index contributed by atoms with van der Waals surface area (Å²) in [5.74, 6) is 0.0783. The number of nitrogens with zero attached hydrogens (tertiary/aromatic N) is 4. The minimum absolute atomic E-state index is 0.0231. The number of carbonyl (C=O) groups is 2. The Morgan fingerprint density at radius 2 is 2.00 bits per heavy atom. The van der Waals surface area contributed by atoms with Gasteiger partial charge in [0.25, 0.3) is 0 Å². The summed E-state index contributed by atoms with van der Waals surface area (Å²) in [4.78, 5) is 23.6. The van der Waals surface area contributed by atoms with Crippen LogP contribution in [0, 0.1) is 5.92 Å². The zero-order valence-corrected chi connectivity index (χ0v) is 13.6. The lowest BCUT2D eigenvalue weighted by Crippen LogP contribution is -2.46. The maximum Gasteiger partial charge on any atom is 0.247 e. The number of anilines is 1. The predicted molar refractivity (Wildman–Crippen MR) is 85.3 cm³/mol. The summed E-state index contributed by atoms with van der Waals surface area (Å²) in [5.41, 5.74) is 1.41. The van der Waals surface area contributed by atoms with Crippen LogP contribution in [0.3, 0.4) is 0 Å². The van der Waals surface area contributed by atoms with E-state index < -0.39 is 6.04 Å². The molecule has 8 heteroatoms. The molecule has 1 aromatic carbocycles. The van der Waals surface area contributed by atoms with E-state index in [0.717, 1.165) is 5.56 Å². The maximum absolute atomic E-state index is 12.4. The van der Waals surface area contributed by atoms with Crippen molar-refractivity contribution < 1.29 is 9.59 Å². The normalized spacial score (nSPS) is 12.0. The number of aromatic nitrogens is 4. The van der Waals surface area contributed by atoms with Crippen molar-refractivity contribution in [1.82, 2.24) is 25.5 Å². The number of hydrogen-bond acceptors (Lipinski definition) is 5. The second-order valence-electron chi connectivity index (χ2n) is 5.62. The maximum atomic E-state index is 12.4. The van der Waals surface area contributed by atoms with Crippen molar-refractivity contribution in [1.29, 1.82) is 0 Å². The van der Waals surface area contributed by atoms with Crippen LogP contribution in [-0.4, -0.2) is 38.1 Å². The van der Waals surface area contributed by atoms with E-state index in [4.69, 9.17) is 0 Å². The summed E-state index contributed by atoms with van der Waals surface area (Å²) in [5, 5.41) is 16.8. The summed E-state index contributed by atoms with van der Waals surface area (Å²) < 4.78 is 1.55. The van der Waals surface area contributed by atoms with Gasteiger partial charge in [0.2, 0.25) is 11.8 Å². The minimum atomic E-state index is -0.590. The first-order valence-corrected chi connectivity index (χ1v) is 7.29. The number of carbonyl (C=O) groups excluding carboxylic acids is 2. The summed E-state index contributed by atoms with van der Waals surface area (Å²) in [6.45, 7) is 5.15. The first-order chi connectivity index (χ1) is 10.9. The van der Waals surface area contributed by atoms with Gasteiger partial charge in [0, 0.05) is 25.2 Å². The molecular formula is C15H20N6O2. The van der Waals surface area contributed by atoms with E-state index in [-0.39, 0.29) is 17.7 Å². The second kappa shape index (κ2) is 6.99. The fraction of sp³-hybridized carbons (Fsp3) is 0.400. The largest absolute Gasteiger partial charge is 0.344 e. The first-order valence-electron chi connectivity index (χ1n) is 7.29. The van der Waals surface area contributed by atoms with Crippen molar-refractivity contribution in [3.8, 4) is 11.4 Å². The lowest BCUT2D eigenvalue weighted by Gasteiger charge is -2.21. The van der Waals surface area contributed by atoms with E-state index in [0.29, 0.717) is 11.5 Å². The third-order valence-corrected chi connectivity index (χ3v) is 3.32. The van der Waals surface area contributed by atoms with Gasteiger partial charge in [0.1, 0.15) is 6.04 Å². The Labute approximate surface area is 134 Å². The van der Waals surface area contributed by atoms with Crippen molar-refractivity contribution in [2.75, 3.05) is 5.32 Å². The third kappa shape index (κ3) is 4.12. The second-order valence-corrected chi connectivity index (χ2v) is 5.62. The van der Waals surface area contributed by atoms with Gasteiger partial charge >= 0.3 is 0 Å². The summed E-state index contributed by atoms with van der Waals surface area (Å²) in [6.07, 6.45) is 0. The zero-order chi connectivity index (χ0) is 17.0. The van der Waals surface area contributed by atoms with Gasteiger partial charge in [-0.25, -0.2) is 4.68 Å². The molecule has 8 nitrogen and oxygen atoms in total. The van der Waals surface area contributed by atoms with E-state index in [1.165, 1.54) is 6.92 Å². The molecule has 0 aliphatic heterocycles. The topological polar surface area (TPSA) is 102 Å². The van der Waals surface area contributed by atoms with E-state index in [1.807, 2.05) is 26.0 Å². The molecular weight excluding hydrogens is 296 g/mol. The molecule has 0 aliphatic carbocycles. The fourth-order valence-corrected chi connectivity index (χ4v) is 2.18. The van der Waals surface area contributed by atoms with E-state index in [9.17, 15) is 9.59 Å². The van der Waals surface area contributed by atoms with Gasteiger partial charge in [-0.3, -0.25) is 9.59 Å². The molecule has 2 aromatic rings. The van der Waals surface area contributed by atoms with E-state index >= 15 is 0 Å². The Morgan fingerprint density at radius 1 is 1.26 bits per heavy atom. The Bertz CT molecular complexity index is 709. The van der Waals surface area contributed by atoms with Crippen LogP contribution in [0.1, 0.15) is 20.8 Å². The Morgan fingerprint density at radius 3 is 2.57 bits per heavy atom. The highest BCUT2D eigenvalue weighted by atomic mass is 16.2. The van der Waals surface area contributed by atoms with Crippen molar-refractivity contribution >= 4 is 17.5 Å². The summed E-state index contributed by atoms with van der Waals surface area (Å²) >= 11 is 0. The Hall–Kier alpha value is -2.77. The summed E-state index contributed by atoms with van der Waals surface area (Å²) in [7, 11) is 1.74. The molecule has 0 radical (unpaired) electrons. The molecule has 2 rings (SSSR count). The van der Waals surface area contributed by atoms with Gasteiger partial charge in [-0.15, -0.1) is 5.10 Å². The Balaban J connectivity index is 2.18. The van der Waals surface area contributed by atoms with Crippen molar-refractivity contribution in [2.45, 2.75) is 26.8 Å². The number of amides is 2. The molecule has 1 atom stereocenters. The molecule has 122 valence electrons. The van der Waals surface area contributed by atoms with Crippen LogP contribution < -0.4 is 10.6 Å². The Kier molecular flexibility index (Phi) is 5.05. The molecule has 1 aromatic heterocycles. The lowest BCUT2D eigenvalue weighted by molar-refractivity contribution is -0.126. The fourth-order valence-electron chi connectivity index (χ4n) is 2.18. The number of benzene rings is 1. The highest BCUT2D eigenvalue weighted by molar-refractivity contribution is 5.97. The quantitative estimate of drug-likeness (QED) is 0.856. The van der Waals surface area contributed by atoms with E-state index in [1.54, 1.807) is 23.9 Å². The predicted octanol–water partition coefficient (Wildman–Crippen LogP) is 0.976. The highest BCUT2D eigenvalue weighted by Gasteiger charge is 2.23. The molecule has 0 fully saturated rings. The molecule has 1 heterocycles. The smallest absolute Gasteiger partial charge is 0.247 e. The summed E-state index contributed by atoms with van der Waals surface area (Å²) in [6, 6.07) is 6.63. The molecule has 1 unspecified atom stereocenters. The van der Waals surface area contributed by atoms with Gasteiger partial charge in [-0.05, 0) is 28.5 Å². The van der Waals surface area contributed by atoms with Crippen molar-refractivity contribution in [3.63, 3.8) is 0 Å². The number of hydrogen-bond donors (Lipinski definition) is 2. The van der Waals surface area contributed by atoms with Crippen LogP contribution in [-0.2, 0) is 16.6 Å². The SMILES string of the molecule is CC(=O)NC(C(=O)Nc1cccc(-c2nnnn2C)c1)C(C)C. The van der Waals surface area contributed by atoms with Gasteiger partial charge in [-0.2, -0.15) is 0 Å². The molecule has 0 bridgehead atoms. The number of rotatable bonds is 5. The molecule has 0 saturated carbocycles. The number of tetrazole rings is 1. The van der Waals surface area contributed by atoms with Gasteiger partial charge < -0.3 is 10.6 Å². The molecule has 0 saturated heterocycles. The monoisotopic (exact) mass is 316 g/mol. The molecule has 0 aliphatic rings. The van der Waals surface area contributed by atoms with Gasteiger partial charge in [-0.1, -0.05) is 26.0 Å². The van der Waals surface area contributed by atoms with Crippen LogP contribution in [0.15, 0.2) is 24.3 Å².